The van der Waals surface area contributed by atoms with Crippen LogP contribution in [-0.4, -0.2) is 33.4 Å². The minimum atomic E-state index is -1.24. The van der Waals surface area contributed by atoms with Crippen LogP contribution in [0.2, 0.25) is 0 Å². The lowest BCUT2D eigenvalue weighted by Crippen LogP contribution is -2.35. The summed E-state index contributed by atoms with van der Waals surface area (Å²) < 4.78 is 19.7. The number of carbonyl (C=O) groups is 2. The van der Waals surface area contributed by atoms with Crippen LogP contribution in [0.3, 0.4) is 0 Å². The molecule has 1 heterocycles. The van der Waals surface area contributed by atoms with Crippen molar-refractivity contribution in [3.8, 4) is 5.75 Å². The summed E-state index contributed by atoms with van der Waals surface area (Å²) in [5, 5.41) is 15.5. The molecule has 0 fully saturated rings. The minimum Gasteiger partial charge on any atom is -0.481 e. The monoisotopic (exact) mass is 321 g/mol. The van der Waals surface area contributed by atoms with E-state index in [9.17, 15) is 14.0 Å². The Hall–Kier alpha value is -2.90. The van der Waals surface area contributed by atoms with Crippen LogP contribution in [0, 0.1) is 5.82 Å². The third-order valence-electron chi connectivity index (χ3n) is 3.16. The van der Waals surface area contributed by atoms with Gasteiger partial charge in [0.2, 0.25) is 0 Å². The first-order chi connectivity index (χ1) is 10.8. The summed E-state index contributed by atoms with van der Waals surface area (Å²) in [5.74, 6) is -2.15. The Kier molecular flexibility index (Phi) is 4.63. The zero-order valence-corrected chi connectivity index (χ0v) is 12.6. The second-order valence-electron chi connectivity index (χ2n) is 5.31. The maximum atomic E-state index is 13.4. The molecule has 0 saturated carbocycles. The van der Waals surface area contributed by atoms with Crippen molar-refractivity contribution >= 4 is 17.6 Å². The van der Waals surface area contributed by atoms with Crippen molar-refractivity contribution in [1.82, 2.24) is 9.78 Å². The van der Waals surface area contributed by atoms with E-state index in [-0.39, 0.29) is 12.4 Å². The van der Waals surface area contributed by atoms with E-state index >= 15 is 0 Å². The van der Waals surface area contributed by atoms with Crippen LogP contribution in [0.15, 0.2) is 36.7 Å². The van der Waals surface area contributed by atoms with Crippen LogP contribution in [0.1, 0.15) is 13.8 Å². The number of halogens is 1. The Labute approximate surface area is 131 Å². The molecule has 1 aromatic carbocycles. The molecule has 0 saturated heterocycles. The topological polar surface area (TPSA) is 93.5 Å². The number of benzene rings is 1. The van der Waals surface area contributed by atoms with Gasteiger partial charge in [-0.25, -0.2) is 9.18 Å². The third-order valence-corrected chi connectivity index (χ3v) is 3.16. The smallest absolute Gasteiger partial charge is 0.331 e. The zero-order valence-electron chi connectivity index (χ0n) is 12.6. The van der Waals surface area contributed by atoms with Crippen molar-refractivity contribution in [2.45, 2.75) is 19.4 Å². The number of anilines is 1. The molecular weight excluding hydrogens is 305 g/mol. The third kappa shape index (κ3) is 3.85. The predicted octanol–water partition coefficient (Wildman–Crippen LogP) is 1.86. The van der Waals surface area contributed by atoms with Gasteiger partial charge in [0.1, 0.15) is 0 Å². The van der Waals surface area contributed by atoms with Crippen molar-refractivity contribution in [2.24, 2.45) is 0 Å². The number of carbonyl (C=O) groups excluding carboxylic acids is 1. The maximum Gasteiger partial charge on any atom is 0.331 e. The van der Waals surface area contributed by atoms with Gasteiger partial charge in [-0.1, -0.05) is 12.1 Å². The predicted molar refractivity (Wildman–Crippen MR) is 79.7 cm³/mol. The first kappa shape index (κ1) is 16.5. The number of hydrogen-bond acceptors (Lipinski definition) is 4. The fourth-order valence-corrected chi connectivity index (χ4v) is 1.69. The lowest BCUT2D eigenvalue weighted by Gasteiger charge is -2.19. The van der Waals surface area contributed by atoms with Gasteiger partial charge < -0.3 is 15.2 Å². The van der Waals surface area contributed by atoms with E-state index in [0.29, 0.717) is 5.69 Å². The highest BCUT2D eigenvalue weighted by molar-refractivity contribution is 5.91. The van der Waals surface area contributed by atoms with Gasteiger partial charge in [-0.05, 0) is 26.0 Å². The second-order valence-corrected chi connectivity index (χ2v) is 5.31. The Morgan fingerprint density at radius 3 is 2.74 bits per heavy atom. The molecule has 7 nitrogen and oxygen atoms in total. The molecule has 0 spiro atoms. The molecule has 23 heavy (non-hydrogen) atoms. The number of aliphatic carboxylic acids is 1. The molecule has 0 atom stereocenters. The maximum absolute atomic E-state index is 13.4. The van der Waals surface area contributed by atoms with Crippen molar-refractivity contribution in [3.05, 3.63) is 42.5 Å². The van der Waals surface area contributed by atoms with Crippen molar-refractivity contribution < 1.29 is 23.8 Å². The summed E-state index contributed by atoms with van der Waals surface area (Å²) in [6.07, 6.45) is 2.72. The lowest BCUT2D eigenvalue weighted by molar-refractivity contribution is -0.146. The van der Waals surface area contributed by atoms with Gasteiger partial charge in [0.25, 0.3) is 5.91 Å². The van der Waals surface area contributed by atoms with E-state index in [1.807, 2.05) is 0 Å². The number of carboxylic acid groups (broad SMARTS) is 1. The summed E-state index contributed by atoms with van der Waals surface area (Å²) in [5.41, 5.74) is -0.923. The summed E-state index contributed by atoms with van der Waals surface area (Å²) in [4.78, 5) is 22.9. The van der Waals surface area contributed by atoms with Gasteiger partial charge in [-0.15, -0.1) is 0 Å². The van der Waals surface area contributed by atoms with E-state index in [0.717, 1.165) is 0 Å². The van der Waals surface area contributed by atoms with Crippen molar-refractivity contribution in [1.29, 1.82) is 0 Å². The van der Waals surface area contributed by atoms with E-state index in [4.69, 9.17) is 9.84 Å². The standard InChI is InChI=1S/C15H16FN3O4/c1-15(2,14(21)22)19-8-10(7-17-19)18-13(20)9-23-12-6-4-3-5-11(12)16/h3-8H,9H2,1-2H3,(H,18,20)(H,21,22). The fourth-order valence-electron chi connectivity index (χ4n) is 1.69. The Bertz CT molecular complexity index is 727. The van der Waals surface area contributed by atoms with Gasteiger partial charge in [-0.3, -0.25) is 9.48 Å². The minimum absolute atomic E-state index is 0.0228. The summed E-state index contributed by atoms with van der Waals surface area (Å²) >= 11 is 0. The highest BCUT2D eigenvalue weighted by Crippen LogP contribution is 2.18. The lowest BCUT2D eigenvalue weighted by atomic mass is 10.1. The van der Waals surface area contributed by atoms with E-state index in [2.05, 4.69) is 10.4 Å². The van der Waals surface area contributed by atoms with Crippen LogP contribution >= 0.6 is 0 Å². The van der Waals surface area contributed by atoms with E-state index < -0.39 is 23.2 Å². The molecular formula is C15H16FN3O4. The average Bonchev–Trinajstić information content (AvgIpc) is 2.95. The largest absolute Gasteiger partial charge is 0.481 e. The second kappa shape index (κ2) is 6.47. The first-order valence-corrected chi connectivity index (χ1v) is 6.76. The number of para-hydroxylation sites is 1. The highest BCUT2D eigenvalue weighted by Gasteiger charge is 2.30. The van der Waals surface area contributed by atoms with Crippen LogP contribution in [0.25, 0.3) is 0 Å². The molecule has 1 aromatic heterocycles. The molecule has 0 bridgehead atoms. The van der Waals surface area contributed by atoms with Crippen molar-refractivity contribution in [3.63, 3.8) is 0 Å². The van der Waals surface area contributed by atoms with Crippen molar-refractivity contribution in [2.75, 3.05) is 11.9 Å². The number of amides is 1. The first-order valence-electron chi connectivity index (χ1n) is 6.76. The Balaban J connectivity index is 1.95. The van der Waals surface area contributed by atoms with Gasteiger partial charge >= 0.3 is 5.97 Å². The molecule has 0 aliphatic carbocycles. The summed E-state index contributed by atoms with van der Waals surface area (Å²) in [6, 6.07) is 5.75. The molecule has 8 heteroatoms. The zero-order chi connectivity index (χ0) is 17.0. The SMILES string of the molecule is CC(C)(C(=O)O)n1cc(NC(=O)COc2ccccc2F)cn1. The molecule has 1 amide bonds. The Morgan fingerprint density at radius 1 is 1.39 bits per heavy atom. The van der Waals surface area contributed by atoms with Gasteiger partial charge in [0.05, 0.1) is 11.9 Å². The van der Waals surface area contributed by atoms with E-state index in [1.54, 1.807) is 6.07 Å². The number of rotatable bonds is 6. The molecule has 2 aromatic rings. The number of nitrogens with one attached hydrogen (secondary N) is 1. The molecule has 0 radical (unpaired) electrons. The molecule has 0 aliphatic rings. The summed E-state index contributed by atoms with van der Waals surface area (Å²) in [7, 11) is 0. The number of nitrogens with zero attached hydrogens (tertiary/aromatic N) is 2. The van der Waals surface area contributed by atoms with Crippen LogP contribution < -0.4 is 10.1 Å². The highest BCUT2D eigenvalue weighted by atomic mass is 19.1. The Morgan fingerprint density at radius 2 is 2.09 bits per heavy atom. The number of ether oxygens (including phenoxy) is 1. The molecule has 122 valence electrons. The van der Waals surface area contributed by atoms with Crippen LogP contribution in [0.4, 0.5) is 10.1 Å². The number of aromatic nitrogens is 2. The fraction of sp³-hybridized carbons (Fsp3) is 0.267. The quantitative estimate of drug-likeness (QED) is 0.847. The van der Waals surface area contributed by atoms with Gasteiger partial charge in [0, 0.05) is 6.20 Å². The van der Waals surface area contributed by atoms with Gasteiger partial charge in [0.15, 0.2) is 23.7 Å². The van der Waals surface area contributed by atoms with Crippen LogP contribution in [-0.2, 0) is 15.1 Å². The van der Waals surface area contributed by atoms with Crippen LogP contribution in [0.5, 0.6) is 5.75 Å². The number of carboxylic acids is 1. The van der Waals surface area contributed by atoms with Gasteiger partial charge in [-0.2, -0.15) is 5.10 Å². The average molecular weight is 321 g/mol. The summed E-state index contributed by atoms with van der Waals surface area (Å²) in [6.45, 7) is 2.58. The number of hydrogen-bond donors (Lipinski definition) is 2. The molecule has 2 N–H and O–H groups in total. The molecule has 2 rings (SSSR count). The molecule has 0 unspecified atom stereocenters. The van der Waals surface area contributed by atoms with E-state index in [1.165, 1.54) is 49.1 Å². The normalized spacial score (nSPS) is 11.1. The molecule has 0 aliphatic heterocycles.